The van der Waals surface area contributed by atoms with Gasteiger partial charge in [-0.05, 0) is 35.4 Å². The van der Waals surface area contributed by atoms with Crippen LogP contribution < -0.4 is 19.2 Å². The lowest BCUT2D eigenvalue weighted by Gasteiger charge is -2.22. The Bertz CT molecular complexity index is 890. The molecule has 3 aromatic carbocycles. The molecule has 0 spiro atoms. The maximum Gasteiger partial charge on any atom is 0.132 e. The van der Waals surface area contributed by atoms with E-state index in [9.17, 15) is 19.8 Å². The number of carboxylic acid groups (broad SMARTS) is 2. The van der Waals surface area contributed by atoms with Crippen molar-refractivity contribution >= 4 is 23.3 Å². The van der Waals surface area contributed by atoms with Crippen LogP contribution in [-0.4, -0.2) is 54.2 Å². The molecular weight excluding hydrogens is 404 g/mol. The van der Waals surface area contributed by atoms with E-state index in [0.29, 0.717) is 0 Å². The number of rotatable bonds is 4. The smallest absolute Gasteiger partial charge is 0.132 e. The van der Waals surface area contributed by atoms with Gasteiger partial charge >= 0.3 is 0 Å². The monoisotopic (exact) mass is 436 g/mol. The molecule has 32 heavy (non-hydrogen) atoms. The summed E-state index contributed by atoms with van der Waals surface area (Å²) < 4.78 is 1.78. The Morgan fingerprint density at radius 2 is 0.750 bits per heavy atom. The highest BCUT2D eigenvalue weighted by Gasteiger charge is 2.09. The number of carbonyl (C=O) groups is 2. The van der Waals surface area contributed by atoms with E-state index in [4.69, 9.17) is 0 Å². The highest BCUT2D eigenvalue weighted by Crippen LogP contribution is 2.15. The lowest BCUT2D eigenvalue weighted by Crippen LogP contribution is -2.34. The zero-order chi connectivity index (χ0) is 24.4. The summed E-state index contributed by atoms with van der Waals surface area (Å²) in [6.45, 7) is 0. The fourth-order valence-electron chi connectivity index (χ4n) is 2.49. The van der Waals surface area contributed by atoms with Crippen molar-refractivity contribution in [3.63, 3.8) is 0 Å². The molecule has 3 aromatic rings. The molecule has 0 unspecified atom stereocenters. The summed E-state index contributed by atoms with van der Waals surface area (Å²) in [7, 11) is 13.0. The predicted octanol–water partition coefficient (Wildman–Crippen LogP) is 2.18. The van der Waals surface area contributed by atoms with E-state index in [0.717, 1.165) is 33.2 Å². The topological polar surface area (TPSA) is 80.3 Å². The SMILES string of the molecule is C[N+](C)(C)c1ccccc1.C[N+](C)(C)c1ccccc1.O=C([O-])c1ccc(C(=O)[O-])cc1. The minimum absolute atomic E-state index is 0.0556. The number of hydrogen-bond donors (Lipinski definition) is 0. The summed E-state index contributed by atoms with van der Waals surface area (Å²) >= 11 is 0. The first-order valence-corrected chi connectivity index (χ1v) is 10.1. The van der Waals surface area contributed by atoms with Crippen LogP contribution in [0.25, 0.3) is 0 Å². The average Bonchev–Trinajstić information content (AvgIpc) is 2.75. The Hall–Kier alpha value is -3.48. The van der Waals surface area contributed by atoms with Gasteiger partial charge in [0.15, 0.2) is 0 Å². The predicted molar refractivity (Wildman–Crippen MR) is 127 cm³/mol. The van der Waals surface area contributed by atoms with Crippen molar-refractivity contribution in [1.29, 1.82) is 0 Å². The molecule has 0 saturated heterocycles. The highest BCUT2D eigenvalue weighted by molar-refractivity contribution is 5.89. The van der Waals surface area contributed by atoms with Crippen LogP contribution >= 0.6 is 0 Å². The number of nitrogens with zero attached hydrogens (tertiary/aromatic N) is 2. The molecule has 0 atom stereocenters. The Balaban J connectivity index is 0.000000241. The molecule has 6 nitrogen and oxygen atoms in total. The summed E-state index contributed by atoms with van der Waals surface area (Å²) in [6.07, 6.45) is 0. The van der Waals surface area contributed by atoms with Crippen molar-refractivity contribution in [2.24, 2.45) is 0 Å². The Kier molecular flexibility index (Phi) is 9.78. The number of hydrogen-bond acceptors (Lipinski definition) is 4. The van der Waals surface area contributed by atoms with Gasteiger partial charge in [-0.2, -0.15) is 0 Å². The third-order valence-corrected chi connectivity index (χ3v) is 4.42. The summed E-state index contributed by atoms with van der Waals surface area (Å²) in [6, 6.07) is 25.5. The van der Waals surface area contributed by atoms with Gasteiger partial charge in [-0.15, -0.1) is 0 Å². The molecule has 0 radical (unpaired) electrons. The third kappa shape index (κ3) is 9.55. The number of carbonyl (C=O) groups excluding carboxylic acids is 2. The van der Waals surface area contributed by atoms with Crippen molar-refractivity contribution in [3.05, 3.63) is 96.1 Å². The van der Waals surface area contributed by atoms with Gasteiger partial charge in [0.25, 0.3) is 0 Å². The van der Waals surface area contributed by atoms with Gasteiger partial charge in [0.1, 0.15) is 11.4 Å². The van der Waals surface area contributed by atoms with Crippen LogP contribution in [0.1, 0.15) is 20.7 Å². The van der Waals surface area contributed by atoms with E-state index < -0.39 is 11.9 Å². The average molecular weight is 437 g/mol. The van der Waals surface area contributed by atoms with Gasteiger partial charge < -0.3 is 19.8 Å². The standard InChI is InChI=1S/2C9H14N.C8H6O4/c2*1-10(2,3)9-7-5-4-6-8-9;9-7(10)5-1-2-6(4-3-5)8(11)12/h2*4-8H,1-3H3;1-4H,(H,9,10)(H,11,12)/q2*+1;/p-2. The largest absolute Gasteiger partial charge is 0.545 e. The van der Waals surface area contributed by atoms with Crippen molar-refractivity contribution < 1.29 is 19.8 Å². The minimum atomic E-state index is -1.33. The van der Waals surface area contributed by atoms with E-state index in [2.05, 4.69) is 90.8 Å². The molecule has 170 valence electrons. The normalized spacial score (nSPS) is 10.7. The summed E-state index contributed by atoms with van der Waals surface area (Å²) in [5.41, 5.74) is 2.56. The first kappa shape index (κ1) is 26.6. The fraction of sp³-hybridized carbons (Fsp3) is 0.231. The molecule has 0 aromatic heterocycles. The van der Waals surface area contributed by atoms with E-state index in [-0.39, 0.29) is 11.1 Å². The molecule has 0 aliphatic carbocycles. The zero-order valence-electron chi connectivity index (χ0n) is 19.6. The van der Waals surface area contributed by atoms with Crippen LogP contribution in [-0.2, 0) is 0 Å². The second kappa shape index (κ2) is 11.8. The fourth-order valence-corrected chi connectivity index (χ4v) is 2.49. The summed E-state index contributed by atoms with van der Waals surface area (Å²) in [5, 5.41) is 20.4. The van der Waals surface area contributed by atoms with Crippen molar-refractivity contribution in [2.45, 2.75) is 0 Å². The molecule has 0 saturated carbocycles. The molecule has 0 bridgehead atoms. The molecule has 0 N–H and O–H groups in total. The van der Waals surface area contributed by atoms with E-state index in [1.807, 2.05) is 12.1 Å². The first-order chi connectivity index (χ1) is 14.8. The van der Waals surface area contributed by atoms with Crippen LogP contribution in [0.15, 0.2) is 84.9 Å². The quantitative estimate of drug-likeness (QED) is 0.587. The van der Waals surface area contributed by atoms with Crippen LogP contribution in [0.5, 0.6) is 0 Å². The molecule has 0 aliphatic rings. The van der Waals surface area contributed by atoms with Crippen LogP contribution in [0.4, 0.5) is 11.4 Å². The zero-order valence-corrected chi connectivity index (χ0v) is 19.6. The van der Waals surface area contributed by atoms with Crippen molar-refractivity contribution in [2.75, 3.05) is 42.3 Å². The highest BCUT2D eigenvalue weighted by atomic mass is 16.4. The van der Waals surface area contributed by atoms with E-state index >= 15 is 0 Å². The van der Waals surface area contributed by atoms with Crippen LogP contribution in [0, 0.1) is 0 Å². The summed E-state index contributed by atoms with van der Waals surface area (Å²) in [5.74, 6) is -2.67. The lowest BCUT2D eigenvalue weighted by molar-refractivity contribution is -0.256. The number of benzene rings is 3. The van der Waals surface area contributed by atoms with Gasteiger partial charge in [-0.1, -0.05) is 60.7 Å². The maximum atomic E-state index is 10.2. The number of quaternary nitrogens is 2. The van der Waals surface area contributed by atoms with Gasteiger partial charge in [-0.25, -0.2) is 0 Å². The second-order valence-corrected chi connectivity index (χ2v) is 8.85. The Morgan fingerprint density at radius 3 is 0.906 bits per heavy atom. The van der Waals surface area contributed by atoms with Crippen molar-refractivity contribution in [1.82, 2.24) is 8.97 Å². The van der Waals surface area contributed by atoms with Crippen LogP contribution in [0.2, 0.25) is 0 Å². The molecule has 3 rings (SSSR count). The second-order valence-electron chi connectivity index (χ2n) is 8.85. The molecule has 0 aliphatic heterocycles. The van der Waals surface area contributed by atoms with Crippen LogP contribution in [0.3, 0.4) is 0 Å². The Morgan fingerprint density at radius 1 is 0.500 bits per heavy atom. The Labute approximate surface area is 190 Å². The maximum absolute atomic E-state index is 10.2. The molecule has 6 heteroatoms. The minimum Gasteiger partial charge on any atom is -0.545 e. The van der Waals surface area contributed by atoms with Crippen molar-refractivity contribution in [3.8, 4) is 0 Å². The molecule has 0 heterocycles. The van der Waals surface area contributed by atoms with Gasteiger partial charge in [0.05, 0.1) is 54.2 Å². The number of para-hydroxylation sites is 2. The first-order valence-electron chi connectivity index (χ1n) is 10.1. The molecular formula is C26H32N2O4. The van der Waals surface area contributed by atoms with E-state index in [1.54, 1.807) is 0 Å². The van der Waals surface area contributed by atoms with Gasteiger partial charge in [-0.3, -0.25) is 8.97 Å². The number of aromatic carboxylic acids is 2. The molecule has 0 amide bonds. The lowest BCUT2D eigenvalue weighted by atomic mass is 10.1. The summed E-state index contributed by atoms with van der Waals surface area (Å²) in [4.78, 5) is 20.4. The van der Waals surface area contributed by atoms with Gasteiger partial charge in [0.2, 0.25) is 0 Å². The van der Waals surface area contributed by atoms with Gasteiger partial charge in [0, 0.05) is 0 Å². The number of carboxylic acids is 2. The molecule has 0 fully saturated rings. The van der Waals surface area contributed by atoms with E-state index in [1.165, 1.54) is 11.4 Å². The third-order valence-electron chi connectivity index (χ3n) is 4.42.